The van der Waals surface area contributed by atoms with Crippen LogP contribution < -0.4 is 15.8 Å². The molecule has 1 aromatic rings. The van der Waals surface area contributed by atoms with Gasteiger partial charge in [0.1, 0.15) is 0 Å². The fourth-order valence-corrected chi connectivity index (χ4v) is 2.94. The zero-order chi connectivity index (χ0) is 14.2. The van der Waals surface area contributed by atoms with Crippen LogP contribution in [0.15, 0.2) is 17.2 Å². The van der Waals surface area contributed by atoms with Crippen LogP contribution >= 0.6 is 0 Å². The SMILES string of the molecule is O=c1c(N2CCOCC2CNC2CC2)nccn1C1CC1. The number of anilines is 1. The molecule has 6 nitrogen and oxygen atoms in total. The molecule has 1 unspecified atom stereocenters. The Morgan fingerprint density at radius 1 is 1.33 bits per heavy atom. The molecule has 21 heavy (non-hydrogen) atoms. The third-order valence-corrected chi connectivity index (χ3v) is 4.51. The highest BCUT2D eigenvalue weighted by Crippen LogP contribution is 2.33. The summed E-state index contributed by atoms with van der Waals surface area (Å²) < 4.78 is 7.45. The minimum Gasteiger partial charge on any atom is -0.377 e. The largest absolute Gasteiger partial charge is 0.377 e. The van der Waals surface area contributed by atoms with E-state index in [1.807, 2.05) is 10.8 Å². The van der Waals surface area contributed by atoms with Gasteiger partial charge < -0.3 is 19.5 Å². The molecular formula is C15H22N4O2. The Morgan fingerprint density at radius 3 is 2.95 bits per heavy atom. The third kappa shape index (κ3) is 2.82. The van der Waals surface area contributed by atoms with Gasteiger partial charge in [0, 0.05) is 37.6 Å². The molecular weight excluding hydrogens is 268 g/mol. The van der Waals surface area contributed by atoms with Crippen molar-refractivity contribution in [3.63, 3.8) is 0 Å². The van der Waals surface area contributed by atoms with Crippen molar-refractivity contribution in [2.75, 3.05) is 31.2 Å². The van der Waals surface area contributed by atoms with Crippen molar-refractivity contribution in [3.05, 3.63) is 22.7 Å². The number of hydrogen-bond acceptors (Lipinski definition) is 5. The van der Waals surface area contributed by atoms with Crippen molar-refractivity contribution in [1.29, 1.82) is 0 Å². The van der Waals surface area contributed by atoms with Crippen molar-refractivity contribution in [2.45, 2.75) is 43.8 Å². The number of morpholine rings is 1. The maximum atomic E-state index is 12.6. The van der Waals surface area contributed by atoms with E-state index in [9.17, 15) is 4.79 Å². The summed E-state index contributed by atoms with van der Waals surface area (Å²) in [6, 6.07) is 1.26. The monoisotopic (exact) mass is 290 g/mol. The number of rotatable bonds is 5. The molecule has 1 aliphatic heterocycles. The van der Waals surface area contributed by atoms with Crippen LogP contribution in [0.4, 0.5) is 5.82 Å². The Kier molecular flexibility index (Phi) is 3.43. The lowest BCUT2D eigenvalue weighted by Crippen LogP contribution is -2.53. The van der Waals surface area contributed by atoms with E-state index in [0.29, 0.717) is 31.1 Å². The van der Waals surface area contributed by atoms with Gasteiger partial charge in [-0.15, -0.1) is 0 Å². The Labute approximate surface area is 124 Å². The van der Waals surface area contributed by atoms with Gasteiger partial charge in [0.25, 0.3) is 5.56 Å². The van der Waals surface area contributed by atoms with Gasteiger partial charge in [-0.05, 0) is 25.7 Å². The smallest absolute Gasteiger partial charge is 0.293 e. The lowest BCUT2D eigenvalue weighted by atomic mass is 10.2. The molecule has 0 aromatic carbocycles. The average molecular weight is 290 g/mol. The fourth-order valence-electron chi connectivity index (χ4n) is 2.94. The highest BCUT2D eigenvalue weighted by atomic mass is 16.5. The summed E-state index contributed by atoms with van der Waals surface area (Å²) >= 11 is 0. The van der Waals surface area contributed by atoms with Crippen molar-refractivity contribution >= 4 is 5.82 Å². The van der Waals surface area contributed by atoms with Gasteiger partial charge in [0.05, 0.1) is 19.3 Å². The Bertz CT molecular complexity index is 565. The molecule has 1 saturated heterocycles. The van der Waals surface area contributed by atoms with Gasteiger partial charge >= 0.3 is 0 Å². The first-order valence-corrected chi connectivity index (χ1v) is 7.98. The summed E-state index contributed by atoms with van der Waals surface area (Å²) in [5.74, 6) is 0.593. The molecule has 6 heteroatoms. The molecule has 4 rings (SSSR count). The third-order valence-electron chi connectivity index (χ3n) is 4.51. The van der Waals surface area contributed by atoms with E-state index in [2.05, 4.69) is 15.2 Å². The molecule has 0 bridgehead atoms. The van der Waals surface area contributed by atoms with Crippen LogP contribution in [0.1, 0.15) is 31.7 Å². The Balaban J connectivity index is 1.56. The molecule has 2 saturated carbocycles. The summed E-state index contributed by atoms with van der Waals surface area (Å²) in [6.07, 6.45) is 8.34. The van der Waals surface area contributed by atoms with Gasteiger partial charge in [-0.3, -0.25) is 4.79 Å². The average Bonchev–Trinajstić information content (AvgIpc) is 3.39. The highest BCUT2D eigenvalue weighted by Gasteiger charge is 2.31. The predicted octanol–water partition coefficient (Wildman–Crippen LogP) is 0.535. The number of ether oxygens (including phenoxy) is 1. The molecule has 3 fully saturated rings. The second kappa shape index (κ2) is 5.42. The first kappa shape index (κ1) is 13.3. The van der Waals surface area contributed by atoms with Crippen LogP contribution in [0.25, 0.3) is 0 Å². The van der Waals surface area contributed by atoms with Crippen LogP contribution in [0.5, 0.6) is 0 Å². The Morgan fingerprint density at radius 2 is 2.19 bits per heavy atom. The molecule has 3 aliphatic rings. The van der Waals surface area contributed by atoms with Gasteiger partial charge in [0.2, 0.25) is 0 Å². The molecule has 1 aromatic heterocycles. The van der Waals surface area contributed by atoms with E-state index in [0.717, 1.165) is 25.9 Å². The standard InChI is InChI=1S/C15H22N4O2/c20-15-14(16-5-6-19(15)12-3-4-12)18-7-8-21-10-13(18)9-17-11-1-2-11/h5-6,11-13,17H,1-4,7-10H2. The summed E-state index contributed by atoms with van der Waals surface area (Å²) in [6.45, 7) is 2.94. The highest BCUT2D eigenvalue weighted by molar-refractivity contribution is 5.38. The summed E-state index contributed by atoms with van der Waals surface area (Å²) in [5, 5.41) is 3.54. The van der Waals surface area contributed by atoms with Crippen LogP contribution in [0.2, 0.25) is 0 Å². The van der Waals surface area contributed by atoms with E-state index in [1.165, 1.54) is 12.8 Å². The maximum Gasteiger partial charge on any atom is 0.293 e. The number of aromatic nitrogens is 2. The minimum absolute atomic E-state index is 0.0540. The summed E-state index contributed by atoms with van der Waals surface area (Å²) in [7, 11) is 0. The first-order chi connectivity index (χ1) is 10.3. The van der Waals surface area contributed by atoms with Crippen LogP contribution in [0.3, 0.4) is 0 Å². The second-order valence-corrected chi connectivity index (χ2v) is 6.30. The number of hydrogen-bond donors (Lipinski definition) is 1. The molecule has 1 atom stereocenters. The fraction of sp³-hybridized carbons (Fsp3) is 0.733. The van der Waals surface area contributed by atoms with Crippen LogP contribution in [0, 0.1) is 0 Å². The van der Waals surface area contributed by atoms with Crippen molar-refractivity contribution in [3.8, 4) is 0 Å². The lowest BCUT2D eigenvalue weighted by molar-refractivity contribution is 0.0930. The minimum atomic E-state index is 0.0540. The van der Waals surface area contributed by atoms with Crippen LogP contribution in [-0.2, 0) is 4.74 Å². The van der Waals surface area contributed by atoms with Crippen molar-refractivity contribution < 1.29 is 4.74 Å². The van der Waals surface area contributed by atoms with Gasteiger partial charge in [-0.1, -0.05) is 0 Å². The molecule has 0 amide bonds. The molecule has 114 valence electrons. The molecule has 1 N–H and O–H groups in total. The van der Waals surface area contributed by atoms with Gasteiger partial charge in [-0.25, -0.2) is 4.98 Å². The summed E-state index contributed by atoms with van der Waals surface area (Å²) in [4.78, 5) is 19.2. The van der Waals surface area contributed by atoms with E-state index < -0.39 is 0 Å². The molecule has 0 spiro atoms. The number of nitrogens with one attached hydrogen (secondary N) is 1. The zero-order valence-electron chi connectivity index (χ0n) is 12.2. The topological polar surface area (TPSA) is 59.4 Å². The van der Waals surface area contributed by atoms with Crippen molar-refractivity contribution in [1.82, 2.24) is 14.9 Å². The second-order valence-electron chi connectivity index (χ2n) is 6.30. The quantitative estimate of drug-likeness (QED) is 0.857. The number of nitrogens with zero attached hydrogens (tertiary/aromatic N) is 3. The van der Waals surface area contributed by atoms with Crippen LogP contribution in [-0.4, -0.2) is 47.9 Å². The Hall–Kier alpha value is -1.40. The zero-order valence-corrected chi connectivity index (χ0v) is 12.2. The lowest BCUT2D eigenvalue weighted by Gasteiger charge is -2.36. The predicted molar refractivity (Wildman–Crippen MR) is 79.7 cm³/mol. The van der Waals surface area contributed by atoms with E-state index in [-0.39, 0.29) is 11.6 Å². The van der Waals surface area contributed by atoms with E-state index >= 15 is 0 Å². The van der Waals surface area contributed by atoms with Crippen molar-refractivity contribution in [2.24, 2.45) is 0 Å². The summed E-state index contributed by atoms with van der Waals surface area (Å²) in [5.41, 5.74) is 0.0540. The van der Waals surface area contributed by atoms with E-state index in [4.69, 9.17) is 4.74 Å². The molecule has 2 heterocycles. The molecule has 0 radical (unpaired) electrons. The molecule has 2 aliphatic carbocycles. The first-order valence-electron chi connectivity index (χ1n) is 7.98. The van der Waals surface area contributed by atoms with E-state index in [1.54, 1.807) is 6.20 Å². The normalized spacial score (nSPS) is 26.1. The van der Waals surface area contributed by atoms with Gasteiger partial charge in [-0.2, -0.15) is 0 Å². The van der Waals surface area contributed by atoms with Gasteiger partial charge in [0.15, 0.2) is 5.82 Å². The maximum absolute atomic E-state index is 12.6.